The van der Waals surface area contributed by atoms with Crippen molar-refractivity contribution in [3.63, 3.8) is 0 Å². The lowest BCUT2D eigenvalue weighted by Gasteiger charge is -2.12. The largest absolute Gasteiger partial charge is 0.486 e. The van der Waals surface area contributed by atoms with Gasteiger partial charge in [-0.2, -0.15) is 0 Å². The lowest BCUT2D eigenvalue weighted by molar-refractivity contribution is -0.385. The van der Waals surface area contributed by atoms with Gasteiger partial charge < -0.3 is 4.74 Å². The second-order valence-electron chi connectivity index (χ2n) is 6.89. The van der Waals surface area contributed by atoms with Crippen LogP contribution in [-0.4, -0.2) is 27.3 Å². The van der Waals surface area contributed by atoms with Crippen LogP contribution >= 0.6 is 23.1 Å². The Labute approximate surface area is 171 Å². The minimum Gasteiger partial charge on any atom is -0.486 e. The molecule has 0 atom stereocenters. The SMILES string of the molecule is Cc1ccc([N+](=O)[O-])c(OCCSc2nc(C)nc3sc4c(c23)CCCC4)c1. The van der Waals surface area contributed by atoms with E-state index in [1.54, 1.807) is 35.2 Å². The van der Waals surface area contributed by atoms with Crippen molar-refractivity contribution in [1.29, 1.82) is 0 Å². The van der Waals surface area contributed by atoms with Crippen molar-refractivity contribution < 1.29 is 9.66 Å². The normalized spacial score (nSPS) is 13.5. The van der Waals surface area contributed by atoms with Gasteiger partial charge in [0.15, 0.2) is 5.75 Å². The van der Waals surface area contributed by atoms with Crippen molar-refractivity contribution in [1.82, 2.24) is 9.97 Å². The molecule has 0 spiro atoms. The number of fused-ring (bicyclic) bond motifs is 3. The lowest BCUT2D eigenvalue weighted by Crippen LogP contribution is -2.04. The van der Waals surface area contributed by atoms with E-state index in [-0.39, 0.29) is 5.69 Å². The van der Waals surface area contributed by atoms with E-state index < -0.39 is 4.92 Å². The molecule has 2 heterocycles. The monoisotopic (exact) mass is 415 g/mol. The molecule has 28 heavy (non-hydrogen) atoms. The van der Waals surface area contributed by atoms with Crippen molar-refractivity contribution in [3.05, 3.63) is 50.1 Å². The molecule has 8 heteroatoms. The van der Waals surface area contributed by atoms with Crippen molar-refractivity contribution in [2.45, 2.75) is 44.6 Å². The molecule has 0 saturated heterocycles. The fourth-order valence-corrected chi connectivity index (χ4v) is 5.80. The van der Waals surface area contributed by atoms with Crippen LogP contribution in [0, 0.1) is 24.0 Å². The van der Waals surface area contributed by atoms with Crippen LogP contribution in [0.15, 0.2) is 23.2 Å². The van der Waals surface area contributed by atoms with Gasteiger partial charge in [0.05, 0.1) is 11.5 Å². The highest BCUT2D eigenvalue weighted by molar-refractivity contribution is 7.99. The number of hydrogen-bond donors (Lipinski definition) is 0. The third-order valence-corrected chi connectivity index (χ3v) is 6.91. The summed E-state index contributed by atoms with van der Waals surface area (Å²) in [5.74, 6) is 1.77. The first-order valence-electron chi connectivity index (χ1n) is 9.32. The summed E-state index contributed by atoms with van der Waals surface area (Å²) in [6, 6.07) is 4.93. The highest BCUT2D eigenvalue weighted by Crippen LogP contribution is 2.39. The van der Waals surface area contributed by atoms with E-state index in [9.17, 15) is 10.1 Å². The summed E-state index contributed by atoms with van der Waals surface area (Å²) in [6.45, 7) is 4.20. The van der Waals surface area contributed by atoms with Gasteiger partial charge in [0.25, 0.3) is 0 Å². The number of rotatable bonds is 6. The summed E-state index contributed by atoms with van der Waals surface area (Å²) in [7, 11) is 0. The smallest absolute Gasteiger partial charge is 0.310 e. The number of nitrogens with zero attached hydrogens (tertiary/aromatic N) is 3. The van der Waals surface area contributed by atoms with E-state index >= 15 is 0 Å². The van der Waals surface area contributed by atoms with Crippen molar-refractivity contribution in [2.75, 3.05) is 12.4 Å². The number of hydrogen-bond acceptors (Lipinski definition) is 7. The Kier molecular flexibility index (Phi) is 5.50. The van der Waals surface area contributed by atoms with Crippen LogP contribution < -0.4 is 4.74 Å². The van der Waals surface area contributed by atoms with Gasteiger partial charge in [-0.15, -0.1) is 23.1 Å². The maximum absolute atomic E-state index is 11.2. The van der Waals surface area contributed by atoms with Crippen molar-refractivity contribution >= 4 is 39.0 Å². The zero-order chi connectivity index (χ0) is 19.7. The predicted octanol–water partition coefficient (Wildman–Crippen LogP) is 5.27. The highest BCUT2D eigenvalue weighted by Gasteiger charge is 2.21. The van der Waals surface area contributed by atoms with E-state index in [4.69, 9.17) is 4.74 Å². The van der Waals surface area contributed by atoms with E-state index in [1.807, 2.05) is 13.8 Å². The van der Waals surface area contributed by atoms with Crippen molar-refractivity contribution in [3.8, 4) is 5.75 Å². The zero-order valence-electron chi connectivity index (χ0n) is 15.9. The van der Waals surface area contributed by atoms with Gasteiger partial charge in [-0.1, -0.05) is 6.07 Å². The van der Waals surface area contributed by atoms with Gasteiger partial charge in [0, 0.05) is 22.1 Å². The maximum atomic E-state index is 11.2. The number of aryl methyl sites for hydroxylation is 4. The molecule has 0 saturated carbocycles. The molecule has 1 aliphatic rings. The topological polar surface area (TPSA) is 78.2 Å². The minimum absolute atomic E-state index is 0.00257. The average Bonchev–Trinajstić information content (AvgIpc) is 3.03. The van der Waals surface area contributed by atoms with E-state index in [1.165, 1.54) is 34.7 Å². The summed E-state index contributed by atoms with van der Waals surface area (Å²) in [5.41, 5.74) is 2.36. The molecule has 6 nitrogen and oxygen atoms in total. The molecule has 146 valence electrons. The quantitative estimate of drug-likeness (QED) is 0.179. The summed E-state index contributed by atoms with van der Waals surface area (Å²) in [5, 5.41) is 13.4. The van der Waals surface area contributed by atoms with Gasteiger partial charge in [-0.3, -0.25) is 10.1 Å². The first kappa shape index (κ1) is 19.1. The summed E-state index contributed by atoms with van der Waals surface area (Å²) >= 11 is 3.44. The molecule has 0 unspecified atom stereocenters. The lowest BCUT2D eigenvalue weighted by atomic mass is 9.97. The van der Waals surface area contributed by atoms with Crippen LogP contribution in [-0.2, 0) is 12.8 Å². The Bertz CT molecular complexity index is 1050. The Hall–Kier alpha value is -2.19. The van der Waals surface area contributed by atoms with E-state index in [0.29, 0.717) is 18.1 Å². The molecule has 1 aromatic carbocycles. The van der Waals surface area contributed by atoms with E-state index in [2.05, 4.69) is 9.97 Å². The molecule has 2 aromatic heterocycles. The molecule has 0 radical (unpaired) electrons. The molecule has 0 N–H and O–H groups in total. The summed E-state index contributed by atoms with van der Waals surface area (Å²) in [6.07, 6.45) is 4.70. The van der Waals surface area contributed by atoms with Crippen LogP contribution in [0.5, 0.6) is 5.75 Å². The second-order valence-corrected chi connectivity index (χ2v) is 9.06. The predicted molar refractivity (Wildman–Crippen MR) is 113 cm³/mol. The number of thioether (sulfide) groups is 1. The molecular weight excluding hydrogens is 394 g/mol. The van der Waals surface area contributed by atoms with Crippen LogP contribution in [0.1, 0.15) is 34.7 Å². The number of benzene rings is 1. The Balaban J connectivity index is 1.50. The first-order valence-corrected chi connectivity index (χ1v) is 11.1. The molecule has 4 rings (SSSR count). The van der Waals surface area contributed by atoms with Gasteiger partial charge in [-0.25, -0.2) is 9.97 Å². The van der Waals surface area contributed by atoms with E-state index in [0.717, 1.165) is 34.1 Å². The maximum Gasteiger partial charge on any atom is 0.310 e. The number of nitro benzene ring substituents is 1. The fourth-order valence-electron chi connectivity index (χ4n) is 3.51. The Morgan fingerprint density at radius 2 is 2.07 bits per heavy atom. The Morgan fingerprint density at radius 1 is 1.25 bits per heavy atom. The van der Waals surface area contributed by atoms with Crippen LogP contribution in [0.25, 0.3) is 10.2 Å². The van der Waals surface area contributed by atoms with Crippen LogP contribution in [0.2, 0.25) is 0 Å². The number of nitro groups is 1. The van der Waals surface area contributed by atoms with Crippen LogP contribution in [0.4, 0.5) is 5.69 Å². The molecule has 1 aliphatic carbocycles. The molecule has 0 bridgehead atoms. The molecule has 3 aromatic rings. The van der Waals surface area contributed by atoms with Crippen molar-refractivity contribution in [2.24, 2.45) is 0 Å². The summed E-state index contributed by atoms with van der Waals surface area (Å²) in [4.78, 5) is 22.6. The third-order valence-electron chi connectivity index (χ3n) is 4.78. The number of aromatic nitrogens is 2. The van der Waals surface area contributed by atoms with Gasteiger partial charge in [0.1, 0.15) is 15.7 Å². The highest BCUT2D eigenvalue weighted by atomic mass is 32.2. The van der Waals surface area contributed by atoms with Gasteiger partial charge in [0.2, 0.25) is 0 Å². The number of thiophene rings is 1. The fraction of sp³-hybridized carbons (Fsp3) is 0.400. The second kappa shape index (κ2) is 8.05. The number of ether oxygens (including phenoxy) is 1. The summed E-state index contributed by atoms with van der Waals surface area (Å²) < 4.78 is 5.73. The first-order chi connectivity index (χ1) is 13.5. The molecular formula is C20H21N3O3S2. The third kappa shape index (κ3) is 3.84. The van der Waals surface area contributed by atoms with Gasteiger partial charge in [-0.05, 0) is 56.7 Å². The zero-order valence-corrected chi connectivity index (χ0v) is 17.5. The van der Waals surface area contributed by atoms with Gasteiger partial charge >= 0.3 is 5.69 Å². The average molecular weight is 416 g/mol. The molecule has 0 fully saturated rings. The molecule has 0 amide bonds. The Morgan fingerprint density at radius 3 is 2.89 bits per heavy atom. The molecule has 0 aliphatic heterocycles. The standard InChI is InChI=1S/C20H21N3O3S2/c1-12-7-8-15(23(24)25)16(11-12)26-9-10-27-19-18-14-5-3-4-6-17(14)28-20(18)22-13(2)21-19/h7-8,11H,3-6,9-10H2,1-2H3. The van der Waals surface area contributed by atoms with Crippen LogP contribution in [0.3, 0.4) is 0 Å². The minimum atomic E-state index is -0.406.